The first-order valence-electron chi connectivity index (χ1n) is 4.92. The van der Waals surface area contributed by atoms with Gasteiger partial charge in [-0.2, -0.15) is 0 Å². The molecule has 0 fully saturated rings. The van der Waals surface area contributed by atoms with E-state index in [4.69, 9.17) is 16.3 Å². The summed E-state index contributed by atoms with van der Waals surface area (Å²) < 4.78 is 6.09. The number of carbonyl (C=O) groups is 1. The predicted octanol–water partition coefficient (Wildman–Crippen LogP) is 2.28. The monoisotopic (exact) mass is 353 g/mol. The van der Waals surface area contributed by atoms with Crippen LogP contribution in [0.25, 0.3) is 0 Å². The Kier molecular flexibility index (Phi) is 6.75. The van der Waals surface area contributed by atoms with Gasteiger partial charge in [-0.25, -0.2) is 0 Å². The molecule has 1 aromatic rings. The van der Waals surface area contributed by atoms with Crippen LogP contribution in [0.1, 0.15) is 10.4 Å². The van der Waals surface area contributed by atoms with Gasteiger partial charge in [0.1, 0.15) is 0 Å². The summed E-state index contributed by atoms with van der Waals surface area (Å²) in [7, 11) is 0. The second-order valence-corrected chi connectivity index (χ2v) is 4.58. The molecule has 0 saturated carbocycles. The van der Waals surface area contributed by atoms with Crippen LogP contribution in [0.3, 0.4) is 0 Å². The van der Waals surface area contributed by atoms with Gasteiger partial charge in [-0.05, 0) is 34.7 Å². The Morgan fingerprint density at radius 2 is 2.12 bits per heavy atom. The maximum atomic E-state index is 11.7. The molecular weight excluding hydrogens is 340 g/mol. The molecule has 0 spiro atoms. The van der Waals surface area contributed by atoms with Crippen molar-refractivity contribution in [3.8, 4) is 0 Å². The van der Waals surface area contributed by atoms with E-state index in [2.05, 4.69) is 27.9 Å². The van der Waals surface area contributed by atoms with Crippen molar-refractivity contribution in [2.24, 2.45) is 0 Å². The lowest BCUT2D eigenvalue weighted by Gasteiger charge is -2.06. The van der Waals surface area contributed by atoms with Gasteiger partial charge in [0.15, 0.2) is 0 Å². The molecule has 0 aliphatic heterocycles. The number of ether oxygens (including phenoxy) is 1. The van der Waals surface area contributed by atoms with E-state index in [-0.39, 0.29) is 5.91 Å². The number of hydrogen-bond acceptors (Lipinski definition) is 2. The fourth-order valence-corrected chi connectivity index (χ4v) is 1.88. The first-order valence-corrected chi connectivity index (χ1v) is 6.53. The van der Waals surface area contributed by atoms with Gasteiger partial charge in [0.25, 0.3) is 5.91 Å². The third-order valence-electron chi connectivity index (χ3n) is 1.87. The zero-order valence-corrected chi connectivity index (χ0v) is 11.6. The molecule has 88 valence electrons. The molecule has 5 heteroatoms. The Hall–Kier alpha value is -0.330. The van der Waals surface area contributed by atoms with Crippen molar-refractivity contribution >= 4 is 40.1 Å². The molecule has 0 saturated heterocycles. The van der Waals surface area contributed by atoms with Gasteiger partial charge in [-0.1, -0.05) is 12.1 Å². The van der Waals surface area contributed by atoms with Gasteiger partial charge < -0.3 is 10.1 Å². The topological polar surface area (TPSA) is 38.3 Å². The van der Waals surface area contributed by atoms with E-state index in [1.807, 2.05) is 18.2 Å². The highest BCUT2D eigenvalue weighted by atomic mass is 127. The molecule has 0 bridgehead atoms. The van der Waals surface area contributed by atoms with E-state index in [9.17, 15) is 4.79 Å². The van der Waals surface area contributed by atoms with Crippen molar-refractivity contribution < 1.29 is 9.53 Å². The molecule has 0 aromatic heterocycles. The Balaban J connectivity index is 2.33. The summed E-state index contributed by atoms with van der Waals surface area (Å²) in [5, 5.41) is 2.79. The third-order valence-corrected chi connectivity index (χ3v) is 2.97. The molecule has 0 unspecified atom stereocenters. The lowest BCUT2D eigenvalue weighted by molar-refractivity contribution is 0.0922. The average molecular weight is 354 g/mol. The highest BCUT2D eigenvalue weighted by molar-refractivity contribution is 14.1. The average Bonchev–Trinajstić information content (AvgIpc) is 2.29. The van der Waals surface area contributed by atoms with Crippen molar-refractivity contribution in [2.45, 2.75) is 0 Å². The Morgan fingerprint density at radius 1 is 1.38 bits per heavy atom. The van der Waals surface area contributed by atoms with Crippen LogP contribution in [-0.4, -0.2) is 31.5 Å². The fraction of sp³-hybridized carbons (Fsp3) is 0.364. The molecule has 1 amide bonds. The quantitative estimate of drug-likeness (QED) is 0.484. The number of hydrogen-bond donors (Lipinski definition) is 1. The lowest BCUT2D eigenvalue weighted by Crippen LogP contribution is -2.28. The molecule has 1 rings (SSSR count). The molecular formula is C11H13ClINO2. The van der Waals surface area contributed by atoms with Crippen LogP contribution in [0.5, 0.6) is 0 Å². The van der Waals surface area contributed by atoms with Crippen LogP contribution in [0.15, 0.2) is 24.3 Å². The highest BCUT2D eigenvalue weighted by Gasteiger charge is 2.07. The van der Waals surface area contributed by atoms with Gasteiger partial charge >= 0.3 is 0 Å². The van der Waals surface area contributed by atoms with Crippen molar-refractivity contribution in [3.63, 3.8) is 0 Å². The number of nitrogens with one attached hydrogen (secondary N) is 1. The summed E-state index contributed by atoms with van der Waals surface area (Å²) in [4.78, 5) is 11.7. The largest absolute Gasteiger partial charge is 0.378 e. The standard InChI is InChI=1S/C11H13ClINO2/c12-5-7-16-8-6-14-11(15)9-3-1-2-4-10(9)13/h1-4H,5-8H2,(H,14,15). The number of benzene rings is 1. The van der Waals surface area contributed by atoms with Crippen LogP contribution in [0.2, 0.25) is 0 Å². The molecule has 0 atom stereocenters. The zero-order chi connectivity index (χ0) is 11.8. The minimum absolute atomic E-state index is 0.0699. The number of carbonyl (C=O) groups excluding carboxylic acids is 1. The summed E-state index contributed by atoms with van der Waals surface area (Å²) in [5.41, 5.74) is 0.695. The van der Waals surface area contributed by atoms with E-state index in [0.717, 1.165) is 3.57 Å². The Morgan fingerprint density at radius 3 is 2.81 bits per heavy atom. The predicted molar refractivity (Wildman–Crippen MR) is 73.0 cm³/mol. The van der Waals surface area contributed by atoms with Gasteiger partial charge in [-0.15, -0.1) is 11.6 Å². The molecule has 0 aliphatic carbocycles. The molecule has 1 N–H and O–H groups in total. The van der Waals surface area contributed by atoms with Crippen LogP contribution in [0.4, 0.5) is 0 Å². The summed E-state index contributed by atoms with van der Waals surface area (Å²) in [5.74, 6) is 0.407. The van der Waals surface area contributed by atoms with Crippen molar-refractivity contribution in [1.82, 2.24) is 5.32 Å². The van der Waals surface area contributed by atoms with Crippen LogP contribution in [0, 0.1) is 3.57 Å². The van der Waals surface area contributed by atoms with Crippen molar-refractivity contribution in [1.29, 1.82) is 0 Å². The lowest BCUT2D eigenvalue weighted by atomic mass is 10.2. The third kappa shape index (κ3) is 4.67. The first kappa shape index (κ1) is 13.7. The summed E-state index contributed by atoms with van der Waals surface area (Å²) in [6.07, 6.45) is 0. The maximum absolute atomic E-state index is 11.7. The highest BCUT2D eigenvalue weighted by Crippen LogP contribution is 2.10. The minimum atomic E-state index is -0.0699. The van der Waals surface area contributed by atoms with E-state index >= 15 is 0 Å². The Labute approximate surface area is 114 Å². The molecule has 1 aromatic carbocycles. The number of amides is 1. The van der Waals surface area contributed by atoms with Gasteiger partial charge in [0.05, 0.1) is 18.8 Å². The van der Waals surface area contributed by atoms with Gasteiger partial charge in [0.2, 0.25) is 0 Å². The normalized spacial score (nSPS) is 10.1. The van der Waals surface area contributed by atoms with Crippen LogP contribution < -0.4 is 5.32 Å². The number of alkyl halides is 1. The van der Waals surface area contributed by atoms with Crippen LogP contribution >= 0.6 is 34.2 Å². The maximum Gasteiger partial charge on any atom is 0.252 e. The van der Waals surface area contributed by atoms with E-state index in [1.165, 1.54) is 0 Å². The number of halogens is 2. The van der Waals surface area contributed by atoms with Gasteiger partial charge in [-0.3, -0.25) is 4.79 Å². The Bertz CT molecular complexity index is 347. The van der Waals surface area contributed by atoms with Crippen LogP contribution in [-0.2, 0) is 4.74 Å². The van der Waals surface area contributed by atoms with E-state index in [1.54, 1.807) is 6.07 Å². The second-order valence-electron chi connectivity index (χ2n) is 3.04. The number of rotatable bonds is 6. The molecule has 0 heterocycles. The van der Waals surface area contributed by atoms with Crippen molar-refractivity contribution in [3.05, 3.63) is 33.4 Å². The summed E-state index contributed by atoms with van der Waals surface area (Å²) >= 11 is 7.59. The first-order chi connectivity index (χ1) is 7.75. The summed E-state index contributed by atoms with van der Waals surface area (Å²) in [6, 6.07) is 7.46. The fourth-order valence-electron chi connectivity index (χ4n) is 1.13. The smallest absolute Gasteiger partial charge is 0.252 e. The molecule has 3 nitrogen and oxygen atoms in total. The zero-order valence-electron chi connectivity index (χ0n) is 8.71. The summed E-state index contributed by atoms with van der Waals surface area (Å²) in [6.45, 7) is 1.50. The van der Waals surface area contributed by atoms with E-state index < -0.39 is 0 Å². The minimum Gasteiger partial charge on any atom is -0.378 e. The van der Waals surface area contributed by atoms with Crippen molar-refractivity contribution in [2.75, 3.05) is 25.6 Å². The second kappa shape index (κ2) is 7.86. The van der Waals surface area contributed by atoms with E-state index in [0.29, 0.717) is 31.2 Å². The molecule has 16 heavy (non-hydrogen) atoms. The SMILES string of the molecule is O=C(NCCOCCCl)c1ccccc1I. The molecule has 0 radical (unpaired) electrons. The van der Waals surface area contributed by atoms with Gasteiger partial charge in [0, 0.05) is 16.0 Å². The molecule has 0 aliphatic rings.